The second-order valence-corrected chi connectivity index (χ2v) is 7.88. The summed E-state index contributed by atoms with van der Waals surface area (Å²) in [5.74, 6) is -0.554. The normalized spacial score (nSPS) is 14.8. The minimum absolute atomic E-state index is 0.0843. The number of carbonyl (C=O) groups is 2. The van der Waals surface area contributed by atoms with Gasteiger partial charge in [0, 0.05) is 48.6 Å². The van der Waals surface area contributed by atoms with E-state index in [4.69, 9.17) is 5.73 Å². The summed E-state index contributed by atoms with van der Waals surface area (Å²) in [7, 11) is 0. The van der Waals surface area contributed by atoms with Crippen molar-refractivity contribution < 1.29 is 9.59 Å². The lowest BCUT2D eigenvalue weighted by atomic mass is 10.0. The van der Waals surface area contributed by atoms with Gasteiger partial charge in [0.25, 0.3) is 5.91 Å². The maximum Gasteiger partial charge on any atom is 0.251 e. The van der Waals surface area contributed by atoms with E-state index in [-0.39, 0.29) is 11.9 Å². The number of pyridine rings is 1. The first kappa shape index (κ1) is 20.8. The molecule has 2 amide bonds. The summed E-state index contributed by atoms with van der Waals surface area (Å²) in [6.07, 6.45) is 3.50. The van der Waals surface area contributed by atoms with Gasteiger partial charge in [-0.2, -0.15) is 0 Å². The van der Waals surface area contributed by atoms with Crippen molar-refractivity contribution in [3.63, 3.8) is 0 Å². The zero-order valence-electron chi connectivity index (χ0n) is 17.3. The second kappa shape index (κ2) is 9.53. The second-order valence-electron chi connectivity index (χ2n) is 7.88. The predicted octanol–water partition coefficient (Wildman–Crippen LogP) is 3.24. The van der Waals surface area contributed by atoms with Crippen LogP contribution in [0.2, 0.25) is 0 Å². The highest BCUT2D eigenvalue weighted by molar-refractivity contribution is 5.95. The Morgan fingerprint density at radius 2 is 1.68 bits per heavy atom. The van der Waals surface area contributed by atoms with Crippen LogP contribution < -0.4 is 11.1 Å². The lowest BCUT2D eigenvalue weighted by molar-refractivity contribution is 0.0908. The molecule has 3 aromatic rings. The maximum atomic E-state index is 12.8. The Hall–Kier alpha value is -3.51. The van der Waals surface area contributed by atoms with E-state index in [0.29, 0.717) is 16.8 Å². The first-order chi connectivity index (χ1) is 15.1. The molecule has 3 N–H and O–H groups in total. The Bertz CT molecular complexity index is 1040. The fraction of sp³-hybridized carbons (Fsp3) is 0.240. The Morgan fingerprint density at radius 3 is 2.35 bits per heavy atom. The maximum absolute atomic E-state index is 12.8. The number of hydrogen-bond donors (Lipinski definition) is 2. The highest BCUT2D eigenvalue weighted by atomic mass is 16.2. The molecular formula is C25H26N4O2. The van der Waals surface area contributed by atoms with Crippen LogP contribution in [0, 0.1) is 0 Å². The molecule has 1 aliphatic rings. The molecule has 6 nitrogen and oxygen atoms in total. The van der Waals surface area contributed by atoms with Gasteiger partial charge in [-0.25, -0.2) is 0 Å². The van der Waals surface area contributed by atoms with Gasteiger partial charge in [0.05, 0.1) is 5.69 Å². The molecule has 1 aliphatic heterocycles. The molecule has 4 rings (SSSR count). The van der Waals surface area contributed by atoms with E-state index in [1.165, 1.54) is 5.56 Å². The van der Waals surface area contributed by atoms with Crippen LogP contribution in [0.3, 0.4) is 0 Å². The van der Waals surface area contributed by atoms with E-state index in [1.807, 2.05) is 6.07 Å². The summed E-state index contributed by atoms with van der Waals surface area (Å²) in [6, 6.07) is 21.0. The Balaban J connectivity index is 1.34. The summed E-state index contributed by atoms with van der Waals surface area (Å²) in [6.45, 7) is 2.88. The van der Waals surface area contributed by atoms with Gasteiger partial charge in [-0.15, -0.1) is 0 Å². The number of nitrogens with zero attached hydrogens (tertiary/aromatic N) is 2. The fourth-order valence-corrected chi connectivity index (χ4v) is 3.88. The van der Waals surface area contributed by atoms with Crippen LogP contribution >= 0.6 is 0 Å². The lowest BCUT2D eigenvalue weighted by Gasteiger charge is -2.32. The van der Waals surface area contributed by atoms with Gasteiger partial charge in [0.15, 0.2) is 0 Å². The number of nitrogens with one attached hydrogen (secondary N) is 1. The topological polar surface area (TPSA) is 88.3 Å². The number of nitrogens with two attached hydrogens (primary N) is 1. The van der Waals surface area contributed by atoms with Gasteiger partial charge in [-0.1, -0.05) is 42.5 Å². The first-order valence-corrected chi connectivity index (χ1v) is 10.5. The number of aromatic nitrogens is 1. The number of hydrogen-bond acceptors (Lipinski definition) is 4. The Labute approximate surface area is 182 Å². The van der Waals surface area contributed by atoms with Gasteiger partial charge < -0.3 is 11.1 Å². The van der Waals surface area contributed by atoms with Gasteiger partial charge >= 0.3 is 0 Å². The molecule has 0 atom stereocenters. The van der Waals surface area contributed by atoms with Gasteiger partial charge in [-0.05, 0) is 42.7 Å². The van der Waals surface area contributed by atoms with E-state index in [2.05, 4.69) is 39.5 Å². The molecule has 1 saturated heterocycles. The summed E-state index contributed by atoms with van der Waals surface area (Å²) in [5, 5.41) is 3.17. The molecule has 2 aromatic carbocycles. The zero-order chi connectivity index (χ0) is 21.6. The first-order valence-electron chi connectivity index (χ1n) is 10.5. The molecular weight excluding hydrogens is 388 g/mol. The Kier molecular flexibility index (Phi) is 6.38. The molecule has 0 spiro atoms. The third-order valence-corrected chi connectivity index (χ3v) is 5.66. The molecule has 158 valence electrons. The fourth-order valence-electron chi connectivity index (χ4n) is 3.88. The van der Waals surface area contributed by atoms with Crippen molar-refractivity contribution in [2.24, 2.45) is 5.73 Å². The highest BCUT2D eigenvalue weighted by Crippen LogP contribution is 2.19. The summed E-state index contributed by atoms with van der Waals surface area (Å²) in [4.78, 5) is 30.8. The molecule has 1 fully saturated rings. The van der Waals surface area contributed by atoms with E-state index in [0.717, 1.165) is 38.0 Å². The van der Waals surface area contributed by atoms with Crippen molar-refractivity contribution in [2.75, 3.05) is 13.1 Å². The number of likely N-dealkylation sites (tertiary alicyclic amines) is 1. The minimum atomic E-state index is -0.470. The molecule has 2 heterocycles. The standard InChI is InChI=1S/C25H26N4O2/c26-24(30)20-8-6-19(7-9-20)23-16-21(10-13-27-23)25(31)28-22-11-14-29(15-12-22)17-18-4-2-1-3-5-18/h1-10,13,16,22H,11-12,14-15,17H2,(H2,26,30)(H,28,31). The molecule has 0 aliphatic carbocycles. The van der Waals surface area contributed by atoms with Crippen LogP contribution in [0.5, 0.6) is 0 Å². The monoisotopic (exact) mass is 414 g/mol. The number of benzene rings is 2. The van der Waals surface area contributed by atoms with Crippen LogP contribution in [0.15, 0.2) is 72.9 Å². The number of carbonyl (C=O) groups excluding carboxylic acids is 2. The van der Waals surface area contributed by atoms with E-state index >= 15 is 0 Å². The lowest BCUT2D eigenvalue weighted by Crippen LogP contribution is -2.44. The average molecular weight is 415 g/mol. The highest BCUT2D eigenvalue weighted by Gasteiger charge is 2.21. The minimum Gasteiger partial charge on any atom is -0.366 e. The molecule has 31 heavy (non-hydrogen) atoms. The van der Waals surface area contributed by atoms with Crippen molar-refractivity contribution >= 4 is 11.8 Å². The van der Waals surface area contributed by atoms with Crippen molar-refractivity contribution in [1.29, 1.82) is 0 Å². The number of rotatable bonds is 6. The number of primary amides is 1. The van der Waals surface area contributed by atoms with Crippen molar-refractivity contribution in [3.8, 4) is 11.3 Å². The van der Waals surface area contributed by atoms with Gasteiger partial charge in [-0.3, -0.25) is 19.5 Å². The number of piperidine rings is 1. The van der Waals surface area contributed by atoms with Crippen molar-refractivity contribution in [2.45, 2.75) is 25.4 Å². The largest absolute Gasteiger partial charge is 0.366 e. The molecule has 0 unspecified atom stereocenters. The van der Waals surface area contributed by atoms with E-state index in [1.54, 1.807) is 42.6 Å². The van der Waals surface area contributed by atoms with E-state index < -0.39 is 5.91 Å². The molecule has 0 saturated carbocycles. The third-order valence-electron chi connectivity index (χ3n) is 5.66. The summed E-state index contributed by atoms with van der Waals surface area (Å²) < 4.78 is 0. The Morgan fingerprint density at radius 1 is 0.968 bits per heavy atom. The predicted molar refractivity (Wildman–Crippen MR) is 120 cm³/mol. The summed E-state index contributed by atoms with van der Waals surface area (Å²) >= 11 is 0. The molecule has 0 bridgehead atoms. The quantitative estimate of drug-likeness (QED) is 0.648. The SMILES string of the molecule is NC(=O)c1ccc(-c2cc(C(=O)NC3CCN(Cc4ccccc4)CC3)ccn2)cc1. The summed E-state index contributed by atoms with van der Waals surface area (Å²) in [5.41, 5.74) is 9.14. The van der Waals surface area contributed by atoms with Crippen LogP contribution in [0.25, 0.3) is 11.3 Å². The van der Waals surface area contributed by atoms with Gasteiger partial charge in [0.1, 0.15) is 0 Å². The van der Waals surface area contributed by atoms with Gasteiger partial charge in [0.2, 0.25) is 5.91 Å². The third kappa shape index (κ3) is 5.35. The molecule has 1 aromatic heterocycles. The zero-order valence-corrected chi connectivity index (χ0v) is 17.3. The smallest absolute Gasteiger partial charge is 0.251 e. The number of amides is 2. The average Bonchev–Trinajstić information content (AvgIpc) is 2.81. The van der Waals surface area contributed by atoms with Crippen molar-refractivity contribution in [1.82, 2.24) is 15.2 Å². The molecule has 6 heteroatoms. The van der Waals surface area contributed by atoms with E-state index in [9.17, 15) is 9.59 Å². The van der Waals surface area contributed by atoms with Crippen LogP contribution in [-0.4, -0.2) is 40.8 Å². The van der Waals surface area contributed by atoms with Crippen LogP contribution in [0.1, 0.15) is 39.1 Å². The molecule has 0 radical (unpaired) electrons. The van der Waals surface area contributed by atoms with Crippen molar-refractivity contribution in [3.05, 3.63) is 89.6 Å². The van der Waals surface area contributed by atoms with Crippen LogP contribution in [0.4, 0.5) is 0 Å². The van der Waals surface area contributed by atoms with Crippen LogP contribution in [-0.2, 0) is 6.54 Å².